The van der Waals surface area contributed by atoms with Crippen molar-refractivity contribution in [2.75, 3.05) is 0 Å². The maximum absolute atomic E-state index is 10.1. The van der Waals surface area contributed by atoms with Crippen LogP contribution in [-0.2, 0) is 0 Å². The zero-order valence-electron chi connectivity index (χ0n) is 22.5. The number of rotatable bonds is 3. The highest BCUT2D eigenvalue weighted by atomic mass is 15.0. The molecule has 8 rings (SSSR count). The van der Waals surface area contributed by atoms with Gasteiger partial charge in [-0.15, -0.1) is 0 Å². The molecule has 0 aliphatic carbocycles. The van der Waals surface area contributed by atoms with Crippen LogP contribution in [0, 0.1) is 22.7 Å². The Bertz CT molecular complexity index is 2400. The van der Waals surface area contributed by atoms with Crippen LogP contribution in [-0.4, -0.2) is 9.13 Å². The van der Waals surface area contributed by atoms with E-state index in [0.29, 0.717) is 16.8 Å². The molecule has 2 aromatic heterocycles. The van der Waals surface area contributed by atoms with E-state index in [2.05, 4.69) is 124 Å². The molecule has 0 radical (unpaired) electrons. The Morgan fingerprint density at radius 1 is 0.452 bits per heavy atom. The van der Waals surface area contributed by atoms with Gasteiger partial charge in [0.15, 0.2) is 0 Å². The summed E-state index contributed by atoms with van der Waals surface area (Å²) in [7, 11) is 0. The Morgan fingerprint density at radius 3 is 1.81 bits per heavy atom. The summed E-state index contributed by atoms with van der Waals surface area (Å²) in [5.41, 5.74) is 9.05. The summed E-state index contributed by atoms with van der Waals surface area (Å²) in [4.78, 5) is 0. The summed E-state index contributed by atoms with van der Waals surface area (Å²) in [6.45, 7) is 0. The minimum absolute atomic E-state index is 0.466. The molecule has 42 heavy (non-hydrogen) atoms. The highest BCUT2D eigenvalue weighted by molar-refractivity contribution is 6.26. The monoisotopic (exact) mass is 534 g/mol. The quantitative estimate of drug-likeness (QED) is 0.227. The first kappa shape index (κ1) is 23.8. The molecule has 0 fully saturated rings. The van der Waals surface area contributed by atoms with Gasteiger partial charge < -0.3 is 9.13 Å². The molecule has 0 spiro atoms. The third-order valence-electron chi connectivity index (χ3n) is 8.18. The lowest BCUT2D eigenvalue weighted by Gasteiger charge is -2.13. The largest absolute Gasteiger partial charge is 0.309 e. The smallest absolute Gasteiger partial charge is 0.101 e. The van der Waals surface area contributed by atoms with Gasteiger partial charge in [0.05, 0.1) is 38.9 Å². The van der Waals surface area contributed by atoms with E-state index in [0.717, 1.165) is 49.5 Å². The van der Waals surface area contributed by atoms with Crippen LogP contribution in [0.15, 0.2) is 133 Å². The number of nitriles is 2. The van der Waals surface area contributed by atoms with E-state index >= 15 is 0 Å². The summed E-state index contributed by atoms with van der Waals surface area (Å²) in [6.07, 6.45) is 0. The van der Waals surface area contributed by atoms with Crippen molar-refractivity contribution in [2.24, 2.45) is 0 Å². The molecule has 0 saturated carbocycles. The van der Waals surface area contributed by atoms with Crippen molar-refractivity contribution in [3.8, 4) is 34.6 Å². The van der Waals surface area contributed by atoms with Crippen LogP contribution >= 0.6 is 0 Å². The molecule has 194 valence electrons. The first-order chi connectivity index (χ1) is 20.8. The van der Waals surface area contributed by atoms with Crippen molar-refractivity contribution in [3.63, 3.8) is 0 Å². The van der Waals surface area contributed by atoms with Crippen LogP contribution in [0.4, 0.5) is 0 Å². The number of benzene rings is 6. The number of para-hydroxylation sites is 3. The van der Waals surface area contributed by atoms with E-state index in [1.807, 2.05) is 12.1 Å². The zero-order chi connectivity index (χ0) is 28.2. The Hall–Kier alpha value is -6.10. The van der Waals surface area contributed by atoms with Crippen molar-refractivity contribution < 1.29 is 0 Å². The van der Waals surface area contributed by atoms with E-state index in [1.54, 1.807) is 18.2 Å². The topological polar surface area (TPSA) is 57.4 Å². The number of nitrogens with zero attached hydrogens (tertiary/aromatic N) is 4. The molecular formula is C38H22N4. The van der Waals surface area contributed by atoms with Gasteiger partial charge >= 0.3 is 0 Å². The zero-order valence-corrected chi connectivity index (χ0v) is 22.5. The second-order valence-corrected chi connectivity index (χ2v) is 10.4. The van der Waals surface area contributed by atoms with Crippen LogP contribution in [0.2, 0.25) is 0 Å². The van der Waals surface area contributed by atoms with Crippen molar-refractivity contribution in [2.45, 2.75) is 0 Å². The molecule has 0 amide bonds. The van der Waals surface area contributed by atoms with Gasteiger partial charge in [0.1, 0.15) is 12.1 Å². The number of fused-ring (bicyclic) bond motifs is 7. The lowest BCUT2D eigenvalue weighted by Crippen LogP contribution is -2.01. The number of hydrogen-bond donors (Lipinski definition) is 0. The maximum Gasteiger partial charge on any atom is 0.101 e. The maximum atomic E-state index is 10.1. The van der Waals surface area contributed by atoms with E-state index in [9.17, 15) is 10.5 Å². The van der Waals surface area contributed by atoms with Gasteiger partial charge in [0, 0.05) is 27.2 Å². The van der Waals surface area contributed by atoms with E-state index < -0.39 is 0 Å². The Kier molecular flexibility index (Phi) is 5.22. The van der Waals surface area contributed by atoms with Gasteiger partial charge in [0.2, 0.25) is 0 Å². The molecule has 0 unspecified atom stereocenters. The molecular weight excluding hydrogens is 512 g/mol. The van der Waals surface area contributed by atoms with Gasteiger partial charge in [0.25, 0.3) is 0 Å². The molecule has 6 aromatic carbocycles. The first-order valence-corrected chi connectivity index (χ1v) is 13.8. The first-order valence-electron chi connectivity index (χ1n) is 13.8. The summed E-state index contributed by atoms with van der Waals surface area (Å²) in [6, 6.07) is 50.2. The lowest BCUT2D eigenvalue weighted by molar-refractivity contribution is 1.15. The van der Waals surface area contributed by atoms with Gasteiger partial charge in [-0.1, -0.05) is 91.0 Å². The summed E-state index contributed by atoms with van der Waals surface area (Å²) < 4.78 is 4.45. The molecule has 0 bridgehead atoms. The van der Waals surface area contributed by atoms with Gasteiger partial charge in [-0.05, 0) is 53.6 Å². The fourth-order valence-corrected chi connectivity index (χ4v) is 6.44. The molecule has 8 aromatic rings. The van der Waals surface area contributed by atoms with Crippen LogP contribution in [0.3, 0.4) is 0 Å². The molecule has 0 aliphatic rings. The average Bonchev–Trinajstić information content (AvgIpc) is 3.57. The molecule has 0 aliphatic heterocycles. The van der Waals surface area contributed by atoms with Crippen molar-refractivity contribution >= 4 is 43.6 Å². The minimum atomic E-state index is 0.466. The van der Waals surface area contributed by atoms with Gasteiger partial charge in [-0.2, -0.15) is 10.5 Å². The van der Waals surface area contributed by atoms with Crippen LogP contribution in [0.25, 0.3) is 66.1 Å². The van der Waals surface area contributed by atoms with Crippen LogP contribution in [0.5, 0.6) is 0 Å². The van der Waals surface area contributed by atoms with E-state index in [1.165, 1.54) is 10.9 Å². The predicted octanol–water partition coefficient (Wildman–Crippen LogP) is 9.29. The average molecular weight is 535 g/mol. The third kappa shape index (κ3) is 3.33. The number of hydrogen-bond acceptors (Lipinski definition) is 2. The second-order valence-electron chi connectivity index (χ2n) is 10.4. The Balaban J connectivity index is 1.57. The molecule has 4 heteroatoms. The second kappa shape index (κ2) is 9.24. The van der Waals surface area contributed by atoms with Crippen LogP contribution < -0.4 is 0 Å². The van der Waals surface area contributed by atoms with Crippen molar-refractivity contribution in [3.05, 3.63) is 145 Å². The fourth-order valence-electron chi connectivity index (χ4n) is 6.44. The minimum Gasteiger partial charge on any atom is -0.309 e. The van der Waals surface area contributed by atoms with Gasteiger partial charge in [-0.3, -0.25) is 0 Å². The highest BCUT2D eigenvalue weighted by Crippen LogP contribution is 2.42. The molecule has 0 atom stereocenters. The van der Waals surface area contributed by atoms with Crippen molar-refractivity contribution in [1.29, 1.82) is 10.5 Å². The number of aromatic nitrogens is 2. The van der Waals surface area contributed by atoms with Gasteiger partial charge in [-0.25, -0.2) is 0 Å². The predicted molar refractivity (Wildman–Crippen MR) is 170 cm³/mol. The van der Waals surface area contributed by atoms with E-state index in [4.69, 9.17) is 0 Å². The Morgan fingerprint density at radius 2 is 1.07 bits per heavy atom. The summed E-state index contributed by atoms with van der Waals surface area (Å²) >= 11 is 0. The highest BCUT2D eigenvalue weighted by Gasteiger charge is 2.23. The Labute approximate surface area is 242 Å². The SMILES string of the molecule is N#Cc1cccc(C#N)c1-n1c2ccccc2c2c1ccc1c3ccccc3n(-c3cccc(-c4ccccc4)c3)c12. The van der Waals surface area contributed by atoms with Crippen molar-refractivity contribution in [1.82, 2.24) is 9.13 Å². The normalized spacial score (nSPS) is 11.3. The lowest BCUT2D eigenvalue weighted by atomic mass is 10.0. The molecule has 2 heterocycles. The molecule has 0 saturated heterocycles. The van der Waals surface area contributed by atoms with E-state index in [-0.39, 0.29) is 0 Å². The fraction of sp³-hybridized carbons (Fsp3) is 0. The third-order valence-corrected chi connectivity index (χ3v) is 8.18. The molecule has 0 N–H and O–H groups in total. The summed E-state index contributed by atoms with van der Waals surface area (Å²) in [5, 5.41) is 24.6. The standard InChI is InChI=1S/C38H22N4/c39-23-27-13-8-14-28(24-40)37(27)42-34-19-7-5-17-32(34)36-35(42)21-20-31-30-16-4-6-18-33(30)41(38(31)36)29-15-9-12-26(22-29)25-10-2-1-3-11-25/h1-22H. The molecule has 4 nitrogen and oxygen atoms in total. The summed E-state index contributed by atoms with van der Waals surface area (Å²) in [5.74, 6) is 0. The van der Waals surface area contributed by atoms with Crippen LogP contribution in [0.1, 0.15) is 11.1 Å².